The number of nitrogens with one attached hydrogen (secondary N) is 1. The summed E-state index contributed by atoms with van der Waals surface area (Å²) < 4.78 is 29.1. The highest BCUT2D eigenvalue weighted by molar-refractivity contribution is 5.67. The van der Waals surface area contributed by atoms with Crippen molar-refractivity contribution < 1.29 is 13.9 Å². The Kier molecular flexibility index (Phi) is 6.71. The predicted octanol–water partition coefficient (Wildman–Crippen LogP) is 3.65. The van der Waals surface area contributed by atoms with E-state index >= 15 is 0 Å². The number of ether oxygens (including phenoxy) is 2. The summed E-state index contributed by atoms with van der Waals surface area (Å²) in [5, 5.41) is 13.4. The molecule has 5 rings (SSSR count). The van der Waals surface area contributed by atoms with Crippen molar-refractivity contribution in [2.75, 3.05) is 26.9 Å². The average molecular weight is 481 g/mol. The fourth-order valence-corrected chi connectivity index (χ4v) is 5.21. The third-order valence-electron chi connectivity index (χ3n) is 7.05. The van der Waals surface area contributed by atoms with E-state index in [-0.39, 0.29) is 5.88 Å². The molecule has 1 fully saturated rings. The van der Waals surface area contributed by atoms with Crippen LogP contribution in [-0.2, 0) is 24.1 Å². The fraction of sp³-hybridized carbons (Fsp3) is 0.500. The molecule has 9 heteroatoms. The van der Waals surface area contributed by atoms with Gasteiger partial charge >= 0.3 is 0 Å². The Bertz CT molecular complexity index is 1230. The van der Waals surface area contributed by atoms with Crippen LogP contribution in [0.4, 0.5) is 4.39 Å². The van der Waals surface area contributed by atoms with Gasteiger partial charge in [0.15, 0.2) is 5.82 Å². The molecule has 2 atom stereocenters. The number of fused-ring (bicyclic) bond motifs is 1. The zero-order chi connectivity index (χ0) is 24.5. The van der Waals surface area contributed by atoms with E-state index in [1.807, 2.05) is 6.92 Å². The molecule has 5 heterocycles. The van der Waals surface area contributed by atoms with Gasteiger partial charge in [0.05, 0.1) is 49.3 Å². The minimum atomic E-state index is -0.514. The van der Waals surface area contributed by atoms with Crippen molar-refractivity contribution in [2.45, 2.75) is 52.1 Å². The molecule has 2 aliphatic heterocycles. The van der Waals surface area contributed by atoms with Crippen LogP contribution in [0.2, 0.25) is 0 Å². The number of nitrogens with zero attached hydrogens (tertiary/aromatic N) is 5. The first-order chi connectivity index (χ1) is 16.9. The number of piperidine rings is 1. The van der Waals surface area contributed by atoms with E-state index in [1.165, 1.54) is 18.7 Å². The van der Waals surface area contributed by atoms with E-state index in [0.29, 0.717) is 37.3 Å². The van der Waals surface area contributed by atoms with Gasteiger partial charge in [0, 0.05) is 42.4 Å². The summed E-state index contributed by atoms with van der Waals surface area (Å²) in [6.07, 6.45) is 7.34. The smallest absolute Gasteiger partial charge is 0.250 e. The maximum absolute atomic E-state index is 14.5. The van der Waals surface area contributed by atoms with Crippen molar-refractivity contribution in [3.05, 3.63) is 53.4 Å². The van der Waals surface area contributed by atoms with Crippen LogP contribution in [0.15, 0.2) is 30.6 Å². The first-order valence-electron chi connectivity index (χ1n) is 12.3. The topological polar surface area (TPSA) is 79.0 Å². The van der Waals surface area contributed by atoms with Crippen molar-refractivity contribution in [3.8, 4) is 22.8 Å². The van der Waals surface area contributed by atoms with Crippen molar-refractivity contribution in [1.29, 1.82) is 0 Å². The van der Waals surface area contributed by atoms with E-state index < -0.39 is 5.82 Å². The molecule has 2 aliphatic rings. The van der Waals surface area contributed by atoms with E-state index in [0.717, 1.165) is 60.6 Å². The van der Waals surface area contributed by atoms with Crippen LogP contribution in [0.3, 0.4) is 0 Å². The maximum Gasteiger partial charge on any atom is 0.250 e. The molecule has 3 aromatic heterocycles. The Morgan fingerprint density at radius 1 is 1.31 bits per heavy atom. The summed E-state index contributed by atoms with van der Waals surface area (Å²) in [7, 11) is 1.41. The molecule has 1 saturated heterocycles. The third kappa shape index (κ3) is 4.75. The van der Waals surface area contributed by atoms with Crippen LogP contribution in [0.1, 0.15) is 36.7 Å². The highest BCUT2D eigenvalue weighted by Crippen LogP contribution is 2.32. The number of aryl methyl sites for hydroxylation is 1. The van der Waals surface area contributed by atoms with Gasteiger partial charge in [0.1, 0.15) is 0 Å². The van der Waals surface area contributed by atoms with Crippen LogP contribution >= 0.6 is 0 Å². The number of hydrogen-bond donors (Lipinski definition) is 1. The normalized spacial score (nSPS) is 20.3. The molecule has 186 valence electrons. The van der Waals surface area contributed by atoms with Crippen LogP contribution < -0.4 is 10.1 Å². The van der Waals surface area contributed by atoms with Crippen molar-refractivity contribution >= 4 is 0 Å². The van der Waals surface area contributed by atoms with E-state index in [2.05, 4.69) is 34.7 Å². The summed E-state index contributed by atoms with van der Waals surface area (Å²) in [6, 6.07) is 1.79. The summed E-state index contributed by atoms with van der Waals surface area (Å²) in [4.78, 5) is 4.12. The van der Waals surface area contributed by atoms with Gasteiger partial charge in [-0.2, -0.15) is 10.2 Å². The lowest BCUT2D eigenvalue weighted by molar-refractivity contribution is 0.145. The highest BCUT2D eigenvalue weighted by Gasteiger charge is 2.26. The molecule has 0 bridgehead atoms. The van der Waals surface area contributed by atoms with Gasteiger partial charge in [-0.3, -0.25) is 4.68 Å². The van der Waals surface area contributed by atoms with E-state index in [4.69, 9.17) is 19.7 Å². The number of halogens is 1. The highest BCUT2D eigenvalue weighted by atomic mass is 19.1. The van der Waals surface area contributed by atoms with Gasteiger partial charge in [-0.15, -0.1) is 0 Å². The second-order valence-corrected chi connectivity index (χ2v) is 9.58. The molecule has 0 spiro atoms. The zero-order valence-electron chi connectivity index (χ0n) is 20.7. The molecule has 3 aromatic rings. The Morgan fingerprint density at radius 2 is 2.14 bits per heavy atom. The largest absolute Gasteiger partial charge is 0.479 e. The van der Waals surface area contributed by atoms with Gasteiger partial charge in [-0.1, -0.05) is 12.2 Å². The lowest BCUT2D eigenvalue weighted by Gasteiger charge is -2.30. The van der Waals surface area contributed by atoms with E-state index in [1.54, 1.807) is 10.9 Å². The molecule has 1 N–H and O–H groups in total. The lowest BCUT2D eigenvalue weighted by Crippen LogP contribution is -2.39. The SMILES string of the molecule is C=C(C)[C@H]1C[C@@H](Cn2cc(-c3nn(-c4cnc(OC)c(F)c4)c4c3CCOCC4)c(C)n2)CCN1. The first-order valence-corrected chi connectivity index (χ1v) is 12.3. The minimum absolute atomic E-state index is 0.0283. The summed E-state index contributed by atoms with van der Waals surface area (Å²) in [5.74, 6) is 0.000651. The molecule has 8 nitrogen and oxygen atoms in total. The number of rotatable bonds is 6. The maximum atomic E-state index is 14.5. The fourth-order valence-electron chi connectivity index (χ4n) is 5.21. The zero-order valence-corrected chi connectivity index (χ0v) is 20.7. The second-order valence-electron chi connectivity index (χ2n) is 9.58. The average Bonchev–Trinajstić information content (AvgIpc) is 3.28. The van der Waals surface area contributed by atoms with E-state index in [9.17, 15) is 4.39 Å². The lowest BCUT2D eigenvalue weighted by atomic mass is 9.89. The Balaban J connectivity index is 1.49. The van der Waals surface area contributed by atoms with Crippen LogP contribution in [0.5, 0.6) is 5.88 Å². The standard InChI is InChI=1S/C26H33FN6O2/c1-16(2)23-11-18(5-8-28-23)14-32-15-21(17(3)30-32)25-20-6-9-35-10-7-24(20)33(31-25)19-12-22(27)26(34-4)29-13-19/h12-13,15,18,23,28H,1,5-11,14H2,2-4H3/t18-,23+/m0/s1. The van der Waals surface area contributed by atoms with Gasteiger partial charge in [-0.05, 0) is 45.6 Å². The summed E-state index contributed by atoms with van der Waals surface area (Å²) >= 11 is 0. The van der Waals surface area contributed by atoms with Crippen molar-refractivity contribution in [2.24, 2.45) is 5.92 Å². The monoisotopic (exact) mass is 480 g/mol. The molecule has 0 saturated carbocycles. The van der Waals surface area contributed by atoms with Gasteiger partial charge in [-0.25, -0.2) is 14.1 Å². The molecule has 0 amide bonds. The Morgan fingerprint density at radius 3 is 2.91 bits per heavy atom. The van der Waals surface area contributed by atoms with Crippen molar-refractivity contribution in [1.82, 2.24) is 29.9 Å². The van der Waals surface area contributed by atoms with Crippen LogP contribution in [0, 0.1) is 18.7 Å². The third-order valence-corrected chi connectivity index (χ3v) is 7.05. The second kappa shape index (κ2) is 9.91. The molecule has 35 heavy (non-hydrogen) atoms. The summed E-state index contributed by atoms with van der Waals surface area (Å²) in [5.41, 5.74) is 6.74. The predicted molar refractivity (Wildman–Crippen MR) is 131 cm³/mol. The Hall–Kier alpha value is -3.04. The molecule has 0 unspecified atom stereocenters. The number of hydrogen-bond acceptors (Lipinski definition) is 6. The number of aromatic nitrogens is 5. The Labute approximate surface area is 205 Å². The first kappa shape index (κ1) is 23.7. The minimum Gasteiger partial charge on any atom is -0.479 e. The van der Waals surface area contributed by atoms with Gasteiger partial charge in [0.2, 0.25) is 5.88 Å². The molecular formula is C26H33FN6O2. The molecule has 0 aliphatic carbocycles. The number of pyridine rings is 1. The molecule has 0 aromatic carbocycles. The van der Waals surface area contributed by atoms with Gasteiger partial charge < -0.3 is 14.8 Å². The quantitative estimate of drug-likeness (QED) is 0.543. The molecule has 0 radical (unpaired) electrons. The van der Waals surface area contributed by atoms with Crippen molar-refractivity contribution in [3.63, 3.8) is 0 Å². The number of methoxy groups -OCH3 is 1. The van der Waals surface area contributed by atoms with Crippen LogP contribution in [-0.4, -0.2) is 57.5 Å². The summed E-state index contributed by atoms with van der Waals surface area (Å²) in [6.45, 7) is 11.3. The molecular weight excluding hydrogens is 447 g/mol. The van der Waals surface area contributed by atoms with Crippen LogP contribution in [0.25, 0.3) is 16.9 Å². The van der Waals surface area contributed by atoms with Gasteiger partial charge in [0.25, 0.3) is 0 Å².